The summed E-state index contributed by atoms with van der Waals surface area (Å²) in [6.45, 7) is 1.64. The number of carbonyl (C=O) groups excluding carboxylic acids is 1. The van der Waals surface area contributed by atoms with E-state index in [9.17, 15) is 18.0 Å². The highest BCUT2D eigenvalue weighted by Gasteiger charge is 2.40. The normalized spacial score (nSPS) is 19.6. The Morgan fingerprint density at radius 2 is 2.10 bits per heavy atom. The van der Waals surface area contributed by atoms with Crippen molar-refractivity contribution in [3.8, 4) is 0 Å². The minimum atomic E-state index is -3.98. The molecule has 1 heterocycles. The Kier molecular flexibility index (Phi) is 4.26. The minimum absolute atomic E-state index is 0.0685. The highest BCUT2D eigenvalue weighted by Crippen LogP contribution is 2.29. The molecule has 1 atom stereocenters. The monoisotopic (exact) mass is 330 g/mol. The molecule has 0 aliphatic carbocycles. The van der Waals surface area contributed by atoms with Crippen molar-refractivity contribution >= 4 is 33.7 Å². The Balaban J connectivity index is 2.47. The van der Waals surface area contributed by atoms with Gasteiger partial charge < -0.3 is 10.8 Å². The van der Waals surface area contributed by atoms with Crippen LogP contribution in [0.25, 0.3) is 0 Å². The average Bonchev–Trinajstić information content (AvgIpc) is 2.88. The Morgan fingerprint density at radius 1 is 1.43 bits per heavy atom. The van der Waals surface area contributed by atoms with Crippen molar-refractivity contribution < 1.29 is 23.1 Å². The second-order valence-corrected chi connectivity index (χ2v) is 7.48. The molecule has 0 bridgehead atoms. The van der Waals surface area contributed by atoms with Gasteiger partial charge in [-0.3, -0.25) is 9.59 Å². The molecule has 9 heteroatoms. The molecule has 1 saturated heterocycles. The fourth-order valence-electron chi connectivity index (χ4n) is 2.02. The second-order valence-electron chi connectivity index (χ2n) is 4.59. The van der Waals surface area contributed by atoms with Gasteiger partial charge in [-0.15, -0.1) is 11.8 Å². The molecule has 0 unspecified atom stereocenters. The maximum atomic E-state index is 12.5. The molecule has 0 radical (unpaired) electrons. The maximum absolute atomic E-state index is 12.5. The number of nitrogens with zero attached hydrogens (tertiary/aromatic N) is 1. The molecule has 2 rings (SSSR count). The van der Waals surface area contributed by atoms with E-state index in [2.05, 4.69) is 0 Å². The van der Waals surface area contributed by atoms with Gasteiger partial charge in [0.1, 0.15) is 6.04 Å². The van der Waals surface area contributed by atoms with Gasteiger partial charge in [0, 0.05) is 11.3 Å². The third-order valence-corrected chi connectivity index (χ3v) is 6.23. The van der Waals surface area contributed by atoms with Crippen molar-refractivity contribution in [3.63, 3.8) is 0 Å². The molecule has 0 spiro atoms. The van der Waals surface area contributed by atoms with Crippen molar-refractivity contribution in [2.24, 2.45) is 5.73 Å². The smallest absolute Gasteiger partial charge is 0.322 e. The van der Waals surface area contributed by atoms with E-state index < -0.39 is 27.9 Å². The number of aliphatic carboxylic acids is 1. The van der Waals surface area contributed by atoms with E-state index in [1.165, 1.54) is 30.0 Å². The van der Waals surface area contributed by atoms with Crippen LogP contribution in [0.5, 0.6) is 0 Å². The molecule has 0 saturated carbocycles. The van der Waals surface area contributed by atoms with Gasteiger partial charge in [0.25, 0.3) is 0 Å². The number of primary amides is 1. The molecule has 0 aromatic heterocycles. The lowest BCUT2D eigenvalue weighted by Crippen LogP contribution is -2.41. The first-order valence-corrected chi connectivity index (χ1v) is 8.57. The van der Waals surface area contributed by atoms with Crippen molar-refractivity contribution in [1.82, 2.24) is 4.31 Å². The zero-order valence-corrected chi connectivity index (χ0v) is 12.8. The highest BCUT2D eigenvalue weighted by atomic mass is 32.2. The molecule has 1 aliphatic heterocycles. The summed E-state index contributed by atoms with van der Waals surface area (Å²) in [7, 11) is -3.98. The van der Waals surface area contributed by atoms with E-state index in [1.54, 1.807) is 6.92 Å². The lowest BCUT2D eigenvalue weighted by Gasteiger charge is -2.20. The van der Waals surface area contributed by atoms with Crippen molar-refractivity contribution in [2.45, 2.75) is 17.9 Å². The van der Waals surface area contributed by atoms with Crippen LogP contribution >= 0.6 is 11.8 Å². The van der Waals surface area contributed by atoms with Crippen LogP contribution in [0.1, 0.15) is 15.9 Å². The fraction of sp³-hybridized carbons (Fsp3) is 0.333. The summed E-state index contributed by atoms with van der Waals surface area (Å²) in [4.78, 5) is 22.3. The largest absolute Gasteiger partial charge is 0.480 e. The van der Waals surface area contributed by atoms with E-state index in [0.717, 1.165) is 4.31 Å². The van der Waals surface area contributed by atoms with Crippen LogP contribution in [-0.4, -0.2) is 47.4 Å². The molecule has 1 aromatic carbocycles. The first-order valence-electron chi connectivity index (χ1n) is 5.98. The van der Waals surface area contributed by atoms with Gasteiger partial charge in [-0.1, -0.05) is 6.07 Å². The predicted molar refractivity (Wildman–Crippen MR) is 77.5 cm³/mol. The number of thioether (sulfide) groups is 1. The first kappa shape index (κ1) is 15.8. The molecule has 21 heavy (non-hydrogen) atoms. The van der Waals surface area contributed by atoms with E-state index in [0.29, 0.717) is 5.56 Å². The van der Waals surface area contributed by atoms with Gasteiger partial charge in [0.15, 0.2) is 0 Å². The third kappa shape index (κ3) is 2.89. The molecule has 114 valence electrons. The second kappa shape index (κ2) is 5.66. The van der Waals surface area contributed by atoms with Gasteiger partial charge in [-0.25, -0.2) is 8.42 Å². The Labute approximate surface area is 126 Å². The zero-order valence-electron chi connectivity index (χ0n) is 11.1. The van der Waals surface area contributed by atoms with Gasteiger partial charge in [-0.2, -0.15) is 4.31 Å². The van der Waals surface area contributed by atoms with E-state index >= 15 is 0 Å². The highest BCUT2D eigenvalue weighted by molar-refractivity contribution is 8.00. The van der Waals surface area contributed by atoms with Crippen LogP contribution in [0.2, 0.25) is 0 Å². The molecule has 1 fully saturated rings. The van der Waals surface area contributed by atoms with Crippen molar-refractivity contribution in [3.05, 3.63) is 29.3 Å². The topological polar surface area (TPSA) is 118 Å². The number of amides is 1. The summed E-state index contributed by atoms with van der Waals surface area (Å²) in [6, 6.07) is 2.91. The SMILES string of the molecule is Cc1ccc(S(=O)(=O)N2CSC[C@H]2C(=O)O)cc1C(N)=O. The number of aryl methyl sites for hydroxylation is 1. The zero-order chi connectivity index (χ0) is 15.8. The predicted octanol–water partition coefficient (Wildman–Crippen LogP) is 0.242. The summed E-state index contributed by atoms with van der Waals surface area (Å²) < 4.78 is 26.0. The number of rotatable bonds is 4. The Bertz CT molecular complexity index is 702. The summed E-state index contributed by atoms with van der Waals surface area (Å²) in [5.74, 6) is -1.65. The molecular weight excluding hydrogens is 316 g/mol. The van der Waals surface area contributed by atoms with E-state index in [-0.39, 0.29) is 22.1 Å². The van der Waals surface area contributed by atoms with Gasteiger partial charge in [-0.05, 0) is 24.6 Å². The van der Waals surface area contributed by atoms with Crippen LogP contribution in [-0.2, 0) is 14.8 Å². The summed E-state index contributed by atoms with van der Waals surface area (Å²) in [6.07, 6.45) is 0. The Morgan fingerprint density at radius 3 is 2.67 bits per heavy atom. The standard InChI is InChI=1S/C12H14N2O5S2/c1-7-2-3-8(4-9(7)11(13)15)21(18,19)14-6-20-5-10(14)12(16)17/h2-4,10H,5-6H2,1H3,(H2,13,15)(H,16,17)/t10-/m0/s1. The van der Waals surface area contributed by atoms with Crippen LogP contribution in [0.4, 0.5) is 0 Å². The van der Waals surface area contributed by atoms with Crippen LogP contribution in [0, 0.1) is 6.92 Å². The number of hydrogen-bond acceptors (Lipinski definition) is 5. The quantitative estimate of drug-likeness (QED) is 0.816. The number of hydrogen-bond donors (Lipinski definition) is 2. The molecule has 1 amide bonds. The maximum Gasteiger partial charge on any atom is 0.322 e. The number of carboxylic acids is 1. The van der Waals surface area contributed by atoms with Gasteiger partial charge in [0.2, 0.25) is 15.9 Å². The lowest BCUT2D eigenvalue weighted by atomic mass is 10.1. The van der Waals surface area contributed by atoms with Gasteiger partial charge >= 0.3 is 5.97 Å². The van der Waals surface area contributed by atoms with Crippen LogP contribution in [0.3, 0.4) is 0 Å². The minimum Gasteiger partial charge on any atom is -0.480 e. The number of carboxylic acid groups (broad SMARTS) is 1. The number of carbonyl (C=O) groups is 2. The fourth-order valence-corrected chi connectivity index (χ4v) is 5.18. The molecule has 1 aliphatic rings. The summed E-state index contributed by atoms with van der Waals surface area (Å²) >= 11 is 1.23. The van der Waals surface area contributed by atoms with Gasteiger partial charge in [0.05, 0.1) is 10.8 Å². The number of sulfonamides is 1. The van der Waals surface area contributed by atoms with Crippen LogP contribution in [0.15, 0.2) is 23.1 Å². The molecule has 7 nitrogen and oxygen atoms in total. The first-order chi connectivity index (χ1) is 9.75. The third-order valence-electron chi connectivity index (χ3n) is 3.21. The average molecular weight is 330 g/mol. The molecular formula is C12H14N2O5S2. The lowest BCUT2D eigenvalue weighted by molar-refractivity contribution is -0.140. The number of benzene rings is 1. The summed E-state index contributed by atoms with van der Waals surface area (Å²) in [5, 5.41) is 9.09. The number of nitrogens with two attached hydrogens (primary N) is 1. The van der Waals surface area contributed by atoms with E-state index in [4.69, 9.17) is 10.8 Å². The van der Waals surface area contributed by atoms with Crippen LogP contribution < -0.4 is 5.73 Å². The van der Waals surface area contributed by atoms with E-state index in [1.807, 2.05) is 0 Å². The molecule has 1 aromatic rings. The van der Waals surface area contributed by atoms with Crippen molar-refractivity contribution in [1.29, 1.82) is 0 Å². The molecule has 3 N–H and O–H groups in total. The summed E-state index contributed by atoms with van der Waals surface area (Å²) in [5.41, 5.74) is 5.88. The Hall–Kier alpha value is -1.58. The van der Waals surface area contributed by atoms with Crippen molar-refractivity contribution in [2.75, 3.05) is 11.6 Å².